The lowest BCUT2D eigenvalue weighted by Crippen LogP contribution is -2.13. The predicted octanol–water partition coefficient (Wildman–Crippen LogP) is 2.41. The maximum Gasteiger partial charge on any atom is 0.107 e. The van der Waals surface area contributed by atoms with E-state index in [-0.39, 0.29) is 0 Å². The number of thiocarbonyl (C=S) groups is 1. The van der Waals surface area contributed by atoms with Crippen LogP contribution in [0.5, 0.6) is 0 Å². The number of halogens is 1. The average Bonchev–Trinajstić information content (AvgIpc) is 2.04. The molecular weight excluding hydrogens is 204 g/mol. The van der Waals surface area contributed by atoms with Gasteiger partial charge in [0.25, 0.3) is 0 Å². The van der Waals surface area contributed by atoms with Gasteiger partial charge in [-0.25, -0.2) is 0 Å². The van der Waals surface area contributed by atoms with Crippen molar-refractivity contribution in [3.05, 3.63) is 28.8 Å². The van der Waals surface area contributed by atoms with Gasteiger partial charge in [-0.2, -0.15) is 0 Å². The minimum Gasteiger partial charge on any atom is -0.389 e. The number of rotatable bonds is 3. The lowest BCUT2D eigenvalue weighted by molar-refractivity contribution is 1.21. The highest BCUT2D eigenvalue weighted by Crippen LogP contribution is 2.23. The van der Waals surface area contributed by atoms with E-state index in [1.807, 2.05) is 19.1 Å². The van der Waals surface area contributed by atoms with Crippen LogP contribution in [0.1, 0.15) is 12.5 Å². The monoisotopic (exact) mass is 214 g/mol. The van der Waals surface area contributed by atoms with E-state index in [4.69, 9.17) is 29.6 Å². The summed E-state index contributed by atoms with van der Waals surface area (Å²) in [5.41, 5.74) is 7.17. The minimum absolute atomic E-state index is 0.321. The van der Waals surface area contributed by atoms with Crippen molar-refractivity contribution in [3.63, 3.8) is 0 Å². The third-order valence-corrected chi connectivity index (χ3v) is 2.15. The molecule has 0 aromatic heterocycles. The fraction of sp³-hybridized carbons (Fsp3) is 0.222. The van der Waals surface area contributed by atoms with Gasteiger partial charge in [-0.3, -0.25) is 0 Å². The van der Waals surface area contributed by atoms with Crippen molar-refractivity contribution in [2.24, 2.45) is 5.73 Å². The molecule has 0 radical (unpaired) electrons. The first kappa shape index (κ1) is 10.3. The highest BCUT2D eigenvalue weighted by Gasteiger charge is 2.07. The molecule has 2 nitrogen and oxygen atoms in total. The molecule has 1 aromatic rings. The van der Waals surface area contributed by atoms with Crippen LogP contribution in [0.25, 0.3) is 0 Å². The maximum atomic E-state index is 5.95. The molecule has 0 saturated heterocycles. The standard InChI is InChI=1S/C9H11ClN2S/c1-2-12-7-5-3-4-6(10)8(7)9(11)13/h3-5,12H,2H2,1H3,(H2,11,13). The Bertz CT molecular complexity index is 325. The number of nitrogens with one attached hydrogen (secondary N) is 1. The molecule has 0 aliphatic carbocycles. The summed E-state index contributed by atoms with van der Waals surface area (Å²) in [6.07, 6.45) is 0. The van der Waals surface area contributed by atoms with Crippen LogP contribution in [0.15, 0.2) is 18.2 Å². The second kappa shape index (κ2) is 4.44. The fourth-order valence-corrected chi connectivity index (χ4v) is 1.66. The van der Waals surface area contributed by atoms with Gasteiger partial charge in [-0.1, -0.05) is 29.9 Å². The van der Waals surface area contributed by atoms with Crippen LogP contribution in [0.3, 0.4) is 0 Å². The zero-order valence-electron chi connectivity index (χ0n) is 7.30. The Hall–Kier alpha value is -0.800. The van der Waals surface area contributed by atoms with Crippen molar-refractivity contribution in [1.29, 1.82) is 0 Å². The number of benzene rings is 1. The topological polar surface area (TPSA) is 38.0 Å². The van der Waals surface area contributed by atoms with Gasteiger partial charge in [0.2, 0.25) is 0 Å². The second-order valence-corrected chi connectivity index (χ2v) is 3.40. The first-order chi connectivity index (χ1) is 6.16. The third-order valence-electron chi connectivity index (χ3n) is 1.63. The van der Waals surface area contributed by atoms with E-state index in [2.05, 4.69) is 5.32 Å². The van der Waals surface area contributed by atoms with Crippen LogP contribution >= 0.6 is 23.8 Å². The first-order valence-electron chi connectivity index (χ1n) is 3.99. The van der Waals surface area contributed by atoms with Crippen molar-refractivity contribution >= 4 is 34.5 Å². The van der Waals surface area contributed by atoms with Gasteiger partial charge < -0.3 is 11.1 Å². The molecule has 0 bridgehead atoms. The number of nitrogens with two attached hydrogens (primary N) is 1. The summed E-state index contributed by atoms with van der Waals surface area (Å²) in [6, 6.07) is 5.54. The minimum atomic E-state index is 0.321. The molecule has 0 atom stereocenters. The zero-order valence-corrected chi connectivity index (χ0v) is 8.88. The van der Waals surface area contributed by atoms with E-state index in [9.17, 15) is 0 Å². The number of hydrogen-bond acceptors (Lipinski definition) is 2. The number of hydrogen-bond donors (Lipinski definition) is 2. The molecule has 1 rings (SSSR count). The largest absolute Gasteiger partial charge is 0.389 e. The van der Waals surface area contributed by atoms with Crippen LogP contribution in [-0.2, 0) is 0 Å². The van der Waals surface area contributed by atoms with Crippen LogP contribution in [0.4, 0.5) is 5.69 Å². The molecule has 0 unspecified atom stereocenters. The lowest BCUT2D eigenvalue weighted by atomic mass is 10.2. The molecule has 0 saturated carbocycles. The summed E-state index contributed by atoms with van der Waals surface area (Å²) in [4.78, 5) is 0.321. The number of anilines is 1. The molecule has 70 valence electrons. The van der Waals surface area contributed by atoms with Gasteiger partial charge in [-0.05, 0) is 19.1 Å². The van der Waals surface area contributed by atoms with Crippen LogP contribution < -0.4 is 11.1 Å². The summed E-state index contributed by atoms with van der Waals surface area (Å²) in [6.45, 7) is 2.82. The molecule has 0 aliphatic rings. The van der Waals surface area contributed by atoms with E-state index in [1.165, 1.54) is 0 Å². The molecule has 0 fully saturated rings. The second-order valence-electron chi connectivity index (χ2n) is 2.56. The summed E-state index contributed by atoms with van der Waals surface area (Å²) < 4.78 is 0. The average molecular weight is 215 g/mol. The van der Waals surface area contributed by atoms with Crippen molar-refractivity contribution in [2.45, 2.75) is 6.92 Å². The Balaban J connectivity index is 3.17. The van der Waals surface area contributed by atoms with E-state index in [0.29, 0.717) is 10.0 Å². The Morgan fingerprint density at radius 1 is 1.62 bits per heavy atom. The van der Waals surface area contributed by atoms with Crippen LogP contribution in [-0.4, -0.2) is 11.5 Å². The first-order valence-corrected chi connectivity index (χ1v) is 4.77. The smallest absolute Gasteiger partial charge is 0.107 e. The van der Waals surface area contributed by atoms with Crippen LogP contribution in [0.2, 0.25) is 5.02 Å². The summed E-state index contributed by atoms with van der Waals surface area (Å²) >= 11 is 10.9. The van der Waals surface area contributed by atoms with Crippen molar-refractivity contribution in [1.82, 2.24) is 0 Å². The lowest BCUT2D eigenvalue weighted by Gasteiger charge is -2.10. The summed E-state index contributed by atoms with van der Waals surface area (Å²) in [5.74, 6) is 0. The van der Waals surface area contributed by atoms with Gasteiger partial charge in [0, 0.05) is 12.2 Å². The summed E-state index contributed by atoms with van der Waals surface area (Å²) in [7, 11) is 0. The highest BCUT2D eigenvalue weighted by atomic mass is 35.5. The fourth-order valence-electron chi connectivity index (χ4n) is 1.11. The SMILES string of the molecule is CCNc1cccc(Cl)c1C(N)=S. The molecule has 4 heteroatoms. The molecular formula is C9H11ClN2S. The van der Waals surface area contributed by atoms with E-state index < -0.39 is 0 Å². The Kier molecular flexibility index (Phi) is 3.51. The van der Waals surface area contributed by atoms with Crippen molar-refractivity contribution in [3.8, 4) is 0 Å². The predicted molar refractivity (Wildman–Crippen MR) is 61.5 cm³/mol. The molecule has 0 amide bonds. The Labute approximate surface area is 88.1 Å². The van der Waals surface area contributed by atoms with Gasteiger partial charge in [-0.15, -0.1) is 0 Å². The molecule has 0 aliphatic heterocycles. The zero-order chi connectivity index (χ0) is 9.84. The van der Waals surface area contributed by atoms with Crippen molar-refractivity contribution < 1.29 is 0 Å². The quantitative estimate of drug-likeness (QED) is 0.759. The van der Waals surface area contributed by atoms with Gasteiger partial charge >= 0.3 is 0 Å². The summed E-state index contributed by atoms with van der Waals surface area (Å²) in [5, 5.41) is 3.74. The maximum absolute atomic E-state index is 5.95. The van der Waals surface area contributed by atoms with E-state index in [1.54, 1.807) is 6.07 Å². The molecule has 13 heavy (non-hydrogen) atoms. The molecule has 0 spiro atoms. The van der Waals surface area contributed by atoms with E-state index >= 15 is 0 Å². The van der Waals surface area contributed by atoms with E-state index in [0.717, 1.165) is 17.8 Å². The molecule has 0 heterocycles. The van der Waals surface area contributed by atoms with Crippen molar-refractivity contribution in [2.75, 3.05) is 11.9 Å². The van der Waals surface area contributed by atoms with Crippen LogP contribution in [0, 0.1) is 0 Å². The third kappa shape index (κ3) is 2.32. The Morgan fingerprint density at radius 2 is 2.31 bits per heavy atom. The molecule has 3 N–H and O–H groups in total. The van der Waals surface area contributed by atoms with Gasteiger partial charge in [0.1, 0.15) is 4.99 Å². The highest BCUT2D eigenvalue weighted by molar-refractivity contribution is 7.80. The molecule has 1 aromatic carbocycles. The van der Waals surface area contributed by atoms with Gasteiger partial charge in [0.05, 0.1) is 10.6 Å². The van der Waals surface area contributed by atoms with Gasteiger partial charge in [0.15, 0.2) is 0 Å². The Morgan fingerprint density at radius 3 is 2.85 bits per heavy atom. The normalized spacial score (nSPS) is 9.69.